The van der Waals surface area contributed by atoms with Gasteiger partial charge in [-0.3, -0.25) is 14.5 Å². The molecule has 37 heavy (non-hydrogen) atoms. The molecule has 0 aliphatic carbocycles. The number of Topliss-reactive ketones (excluding diaryl/α,β-unsaturated/α-hetero) is 1. The monoisotopic (exact) mass is 506 g/mol. The minimum Gasteiger partial charge on any atom is -0.507 e. The fourth-order valence-corrected chi connectivity index (χ4v) is 4.56. The van der Waals surface area contributed by atoms with Crippen molar-refractivity contribution in [2.24, 2.45) is 0 Å². The van der Waals surface area contributed by atoms with E-state index in [0.717, 1.165) is 35.8 Å². The van der Waals surface area contributed by atoms with Crippen LogP contribution in [0.25, 0.3) is 5.76 Å². The highest BCUT2D eigenvalue weighted by atomic mass is 19.1. The lowest BCUT2D eigenvalue weighted by molar-refractivity contribution is -0.132. The molecule has 0 saturated carbocycles. The number of rotatable bonds is 8. The van der Waals surface area contributed by atoms with Crippen molar-refractivity contribution in [3.8, 4) is 5.75 Å². The van der Waals surface area contributed by atoms with E-state index in [-0.39, 0.29) is 11.3 Å². The number of aliphatic hydroxyl groups is 1. The van der Waals surface area contributed by atoms with Crippen LogP contribution < -0.4 is 14.5 Å². The van der Waals surface area contributed by atoms with Crippen molar-refractivity contribution in [3.05, 3.63) is 95.1 Å². The average molecular weight is 507 g/mol. The number of halogens is 2. The van der Waals surface area contributed by atoms with Crippen LogP contribution in [-0.4, -0.2) is 36.5 Å². The van der Waals surface area contributed by atoms with E-state index in [2.05, 4.69) is 4.90 Å². The Bertz CT molecular complexity index is 1330. The van der Waals surface area contributed by atoms with Gasteiger partial charge in [0.25, 0.3) is 11.7 Å². The van der Waals surface area contributed by atoms with Gasteiger partial charge in [-0.2, -0.15) is 0 Å². The number of amides is 1. The summed E-state index contributed by atoms with van der Waals surface area (Å²) in [6.07, 6.45) is 0. The van der Waals surface area contributed by atoms with Crippen molar-refractivity contribution < 1.29 is 28.2 Å². The number of anilines is 2. The summed E-state index contributed by atoms with van der Waals surface area (Å²) in [6, 6.07) is 15.3. The normalized spacial score (nSPS) is 16.8. The molecule has 3 aromatic rings. The molecule has 3 aromatic carbocycles. The van der Waals surface area contributed by atoms with Gasteiger partial charge >= 0.3 is 0 Å². The van der Waals surface area contributed by atoms with Gasteiger partial charge in [-0.15, -0.1) is 0 Å². The van der Waals surface area contributed by atoms with E-state index in [9.17, 15) is 23.5 Å². The third-order valence-electron chi connectivity index (χ3n) is 6.39. The van der Waals surface area contributed by atoms with E-state index in [1.807, 2.05) is 32.9 Å². The van der Waals surface area contributed by atoms with Crippen molar-refractivity contribution in [3.63, 3.8) is 0 Å². The number of ketones is 1. The lowest BCUT2D eigenvalue weighted by Gasteiger charge is -2.27. The van der Waals surface area contributed by atoms with Crippen molar-refractivity contribution in [1.82, 2.24) is 0 Å². The first-order chi connectivity index (χ1) is 17.8. The summed E-state index contributed by atoms with van der Waals surface area (Å²) in [7, 11) is 0. The summed E-state index contributed by atoms with van der Waals surface area (Å²) in [5.74, 6) is -3.61. The van der Waals surface area contributed by atoms with Gasteiger partial charge in [0.15, 0.2) is 0 Å². The summed E-state index contributed by atoms with van der Waals surface area (Å²) < 4.78 is 34.0. The van der Waals surface area contributed by atoms with E-state index in [1.54, 1.807) is 36.4 Å². The van der Waals surface area contributed by atoms with Gasteiger partial charge in [-0.25, -0.2) is 8.78 Å². The Labute approximate surface area is 214 Å². The van der Waals surface area contributed by atoms with Crippen molar-refractivity contribution >= 4 is 28.8 Å². The fraction of sp³-hybridized carbons (Fsp3) is 0.241. The molecule has 6 nitrogen and oxygen atoms in total. The molecular formula is C29H28F2N2O4. The Morgan fingerprint density at radius 1 is 0.946 bits per heavy atom. The summed E-state index contributed by atoms with van der Waals surface area (Å²) in [4.78, 5) is 29.6. The van der Waals surface area contributed by atoms with Gasteiger partial charge < -0.3 is 14.7 Å². The molecule has 1 aliphatic heterocycles. The molecule has 0 spiro atoms. The summed E-state index contributed by atoms with van der Waals surface area (Å²) in [5, 5.41) is 11.2. The minimum absolute atomic E-state index is 0.187. The zero-order chi connectivity index (χ0) is 26.7. The van der Waals surface area contributed by atoms with Gasteiger partial charge in [0.05, 0.1) is 23.9 Å². The molecule has 0 bridgehead atoms. The van der Waals surface area contributed by atoms with Gasteiger partial charge in [-0.05, 0) is 74.9 Å². The predicted molar refractivity (Wildman–Crippen MR) is 139 cm³/mol. The van der Waals surface area contributed by atoms with E-state index in [4.69, 9.17) is 4.74 Å². The predicted octanol–water partition coefficient (Wildman–Crippen LogP) is 5.84. The summed E-state index contributed by atoms with van der Waals surface area (Å²) >= 11 is 0. The second-order valence-electron chi connectivity index (χ2n) is 8.49. The molecule has 4 rings (SSSR count). The van der Waals surface area contributed by atoms with Crippen LogP contribution >= 0.6 is 0 Å². The van der Waals surface area contributed by atoms with E-state index in [0.29, 0.717) is 29.5 Å². The van der Waals surface area contributed by atoms with Crippen LogP contribution in [0.1, 0.15) is 37.9 Å². The molecule has 0 aromatic heterocycles. The standard InChI is InChI=1S/C29H28F2N2O4/c1-4-32(5-2)21-12-7-18(8-13-21)26-25(27(34)19-9-14-22(15-10-19)37-6-3)28(35)29(36)33(26)24-16-11-20(30)17-23(24)31/h7-17,26,34H,4-6H2,1-3H3/b27-25+. The zero-order valence-electron chi connectivity index (χ0n) is 20.9. The van der Waals surface area contributed by atoms with Crippen LogP contribution in [-0.2, 0) is 9.59 Å². The molecule has 1 N–H and O–H groups in total. The van der Waals surface area contributed by atoms with Crippen molar-refractivity contribution in [2.45, 2.75) is 26.8 Å². The molecule has 1 heterocycles. The molecule has 1 amide bonds. The maximum absolute atomic E-state index is 14.9. The molecule has 1 atom stereocenters. The average Bonchev–Trinajstić information content (AvgIpc) is 3.15. The number of ether oxygens (including phenoxy) is 1. The first-order valence-corrected chi connectivity index (χ1v) is 12.1. The van der Waals surface area contributed by atoms with Crippen LogP contribution in [0.2, 0.25) is 0 Å². The van der Waals surface area contributed by atoms with Crippen molar-refractivity contribution in [1.29, 1.82) is 0 Å². The first kappa shape index (κ1) is 25.9. The number of carbonyl (C=O) groups excluding carboxylic acids is 2. The molecular weight excluding hydrogens is 478 g/mol. The summed E-state index contributed by atoms with van der Waals surface area (Å²) in [6.45, 7) is 7.93. The second kappa shape index (κ2) is 10.8. The van der Waals surface area contributed by atoms with Gasteiger partial charge in [-0.1, -0.05) is 12.1 Å². The number of benzene rings is 3. The molecule has 1 saturated heterocycles. The Hall–Kier alpha value is -4.20. The third kappa shape index (κ3) is 4.91. The lowest BCUT2D eigenvalue weighted by atomic mass is 9.94. The van der Waals surface area contributed by atoms with Crippen LogP contribution in [0.5, 0.6) is 5.75 Å². The molecule has 1 fully saturated rings. The lowest BCUT2D eigenvalue weighted by Crippen LogP contribution is -2.30. The largest absolute Gasteiger partial charge is 0.507 e. The van der Waals surface area contributed by atoms with Crippen LogP contribution in [0.3, 0.4) is 0 Å². The van der Waals surface area contributed by atoms with Crippen LogP contribution in [0.4, 0.5) is 20.2 Å². The van der Waals surface area contributed by atoms with E-state index >= 15 is 0 Å². The van der Waals surface area contributed by atoms with Crippen LogP contribution in [0, 0.1) is 11.6 Å². The maximum Gasteiger partial charge on any atom is 0.300 e. The molecule has 1 aliphatic rings. The molecule has 1 unspecified atom stereocenters. The van der Waals surface area contributed by atoms with Crippen LogP contribution in [0.15, 0.2) is 72.3 Å². The fourth-order valence-electron chi connectivity index (χ4n) is 4.56. The second-order valence-corrected chi connectivity index (χ2v) is 8.49. The highest BCUT2D eigenvalue weighted by molar-refractivity contribution is 6.51. The SMILES string of the molecule is CCOc1ccc(/C(O)=C2\C(=O)C(=O)N(c3ccc(F)cc3F)C2c2ccc(N(CC)CC)cc2)cc1. The topological polar surface area (TPSA) is 70.1 Å². The van der Waals surface area contributed by atoms with E-state index in [1.165, 1.54) is 0 Å². The molecule has 0 radical (unpaired) electrons. The highest BCUT2D eigenvalue weighted by Gasteiger charge is 2.47. The van der Waals surface area contributed by atoms with Crippen molar-refractivity contribution in [2.75, 3.05) is 29.5 Å². The molecule has 8 heteroatoms. The summed E-state index contributed by atoms with van der Waals surface area (Å²) in [5.41, 5.74) is 1.28. The first-order valence-electron chi connectivity index (χ1n) is 12.1. The number of carbonyl (C=O) groups is 2. The van der Waals surface area contributed by atoms with Gasteiger partial charge in [0, 0.05) is 30.4 Å². The van der Waals surface area contributed by atoms with E-state index < -0.39 is 35.1 Å². The Balaban J connectivity index is 1.88. The third-order valence-corrected chi connectivity index (χ3v) is 6.39. The van der Waals surface area contributed by atoms with Gasteiger partial charge in [0.1, 0.15) is 23.1 Å². The molecule has 192 valence electrons. The number of aliphatic hydroxyl groups excluding tert-OH is 1. The minimum atomic E-state index is -1.13. The number of nitrogens with zero attached hydrogens (tertiary/aromatic N) is 2. The zero-order valence-corrected chi connectivity index (χ0v) is 20.9. The number of hydrogen-bond donors (Lipinski definition) is 1. The Morgan fingerprint density at radius 2 is 1.59 bits per heavy atom. The Kier molecular flexibility index (Phi) is 7.57. The maximum atomic E-state index is 14.9. The quantitative estimate of drug-likeness (QED) is 0.236. The highest BCUT2D eigenvalue weighted by Crippen LogP contribution is 2.43. The van der Waals surface area contributed by atoms with Gasteiger partial charge in [0.2, 0.25) is 0 Å². The Morgan fingerprint density at radius 3 is 2.16 bits per heavy atom. The number of hydrogen-bond acceptors (Lipinski definition) is 5. The smallest absolute Gasteiger partial charge is 0.300 e.